The van der Waals surface area contributed by atoms with Gasteiger partial charge in [-0.2, -0.15) is 0 Å². The summed E-state index contributed by atoms with van der Waals surface area (Å²) in [6, 6.07) is 10.4. The van der Waals surface area contributed by atoms with Crippen LogP contribution in [0, 0.1) is 0 Å². The molecule has 1 aliphatic rings. The number of benzene rings is 2. The summed E-state index contributed by atoms with van der Waals surface area (Å²) in [5.41, 5.74) is 0.669. The SMILES string of the molecule is CCCNC(=O)CN1CCN(c2ccc(NS(=O)(=O)c3ccc(OC)cc3)cc2C(=O)O)CC1. The monoisotopic (exact) mass is 490 g/mol. The van der Waals surface area contributed by atoms with Crippen LogP contribution in [0.15, 0.2) is 47.4 Å². The lowest BCUT2D eigenvalue weighted by atomic mass is 10.1. The van der Waals surface area contributed by atoms with Crippen LogP contribution in [-0.4, -0.2) is 76.7 Å². The van der Waals surface area contributed by atoms with E-state index in [1.807, 2.05) is 16.7 Å². The summed E-state index contributed by atoms with van der Waals surface area (Å²) < 4.78 is 32.9. The fraction of sp³-hybridized carbons (Fsp3) is 0.391. The molecule has 1 amide bonds. The Labute approximate surface area is 199 Å². The number of sulfonamides is 1. The van der Waals surface area contributed by atoms with Crippen LogP contribution in [0.3, 0.4) is 0 Å². The van der Waals surface area contributed by atoms with Crippen molar-refractivity contribution < 1.29 is 27.9 Å². The second-order valence-electron chi connectivity index (χ2n) is 7.93. The average molecular weight is 491 g/mol. The van der Waals surface area contributed by atoms with Crippen molar-refractivity contribution in [2.75, 3.05) is 56.0 Å². The number of carboxylic acids is 1. The zero-order valence-corrected chi connectivity index (χ0v) is 20.1. The number of carboxylic acid groups (broad SMARTS) is 1. The van der Waals surface area contributed by atoms with Crippen LogP contribution in [-0.2, 0) is 14.8 Å². The molecule has 3 rings (SSSR count). The summed E-state index contributed by atoms with van der Waals surface area (Å²) >= 11 is 0. The number of methoxy groups -OCH3 is 1. The van der Waals surface area contributed by atoms with Gasteiger partial charge >= 0.3 is 5.97 Å². The Bertz CT molecular complexity index is 1110. The maximum atomic E-state index is 12.7. The second kappa shape index (κ2) is 11.2. The van der Waals surface area contributed by atoms with E-state index in [9.17, 15) is 23.1 Å². The van der Waals surface area contributed by atoms with Gasteiger partial charge in [0.15, 0.2) is 0 Å². The highest BCUT2D eigenvalue weighted by molar-refractivity contribution is 7.92. The van der Waals surface area contributed by atoms with Gasteiger partial charge in [-0.25, -0.2) is 13.2 Å². The van der Waals surface area contributed by atoms with Gasteiger partial charge in [0, 0.05) is 38.4 Å². The highest BCUT2D eigenvalue weighted by atomic mass is 32.2. The summed E-state index contributed by atoms with van der Waals surface area (Å²) in [5.74, 6) is -0.643. The molecule has 10 nitrogen and oxygen atoms in total. The van der Waals surface area contributed by atoms with Crippen molar-refractivity contribution in [2.24, 2.45) is 0 Å². The molecule has 0 saturated carbocycles. The lowest BCUT2D eigenvalue weighted by Crippen LogP contribution is -2.49. The molecule has 0 atom stereocenters. The summed E-state index contributed by atoms with van der Waals surface area (Å²) in [7, 11) is -2.41. The van der Waals surface area contributed by atoms with Crippen LogP contribution in [0.5, 0.6) is 5.75 Å². The van der Waals surface area contributed by atoms with Crippen LogP contribution in [0.4, 0.5) is 11.4 Å². The van der Waals surface area contributed by atoms with Crippen molar-refractivity contribution in [3.05, 3.63) is 48.0 Å². The minimum Gasteiger partial charge on any atom is -0.497 e. The van der Waals surface area contributed by atoms with E-state index in [1.165, 1.54) is 37.4 Å². The molecule has 2 aromatic rings. The predicted octanol–water partition coefficient (Wildman–Crippen LogP) is 1.84. The molecule has 11 heteroatoms. The number of anilines is 2. The van der Waals surface area contributed by atoms with Gasteiger partial charge in [0.25, 0.3) is 10.0 Å². The largest absolute Gasteiger partial charge is 0.497 e. The first kappa shape index (κ1) is 25.3. The molecule has 1 fully saturated rings. The number of rotatable bonds is 10. The highest BCUT2D eigenvalue weighted by Gasteiger charge is 2.24. The number of nitrogens with one attached hydrogen (secondary N) is 2. The molecule has 0 spiro atoms. The third-order valence-corrected chi connectivity index (χ3v) is 6.90. The average Bonchev–Trinajstić information content (AvgIpc) is 2.83. The number of carbonyl (C=O) groups excluding carboxylic acids is 1. The molecule has 1 aliphatic heterocycles. The number of ether oxygens (including phenoxy) is 1. The van der Waals surface area contributed by atoms with E-state index in [0.29, 0.717) is 50.7 Å². The van der Waals surface area contributed by atoms with E-state index in [2.05, 4.69) is 10.0 Å². The molecular formula is C23H30N4O6S. The van der Waals surface area contributed by atoms with Crippen LogP contribution in [0.1, 0.15) is 23.7 Å². The zero-order valence-electron chi connectivity index (χ0n) is 19.3. The van der Waals surface area contributed by atoms with E-state index in [4.69, 9.17) is 4.74 Å². The van der Waals surface area contributed by atoms with Crippen molar-refractivity contribution in [1.82, 2.24) is 10.2 Å². The van der Waals surface area contributed by atoms with Crippen LogP contribution >= 0.6 is 0 Å². The summed E-state index contributed by atoms with van der Waals surface area (Å²) in [5, 5.41) is 12.6. The van der Waals surface area contributed by atoms with E-state index in [-0.39, 0.29) is 22.1 Å². The fourth-order valence-electron chi connectivity index (χ4n) is 3.69. The van der Waals surface area contributed by atoms with Crippen molar-refractivity contribution in [2.45, 2.75) is 18.2 Å². The van der Waals surface area contributed by atoms with Gasteiger partial charge < -0.3 is 20.1 Å². The van der Waals surface area contributed by atoms with Crippen molar-refractivity contribution in [3.8, 4) is 5.75 Å². The third-order valence-electron chi connectivity index (χ3n) is 5.50. The smallest absolute Gasteiger partial charge is 0.337 e. The van der Waals surface area contributed by atoms with Gasteiger partial charge in [0.1, 0.15) is 5.75 Å². The molecular weight excluding hydrogens is 460 g/mol. The standard InChI is InChI=1S/C23H30N4O6S/c1-3-10-24-22(28)16-26-11-13-27(14-12-26)21-9-4-17(15-20(21)23(29)30)25-34(31,32)19-7-5-18(33-2)6-8-19/h4-9,15,25H,3,10-14,16H2,1-2H3,(H,24,28)(H,29,30). The van der Waals surface area contributed by atoms with Gasteiger partial charge in [-0.15, -0.1) is 0 Å². The second-order valence-corrected chi connectivity index (χ2v) is 9.61. The molecule has 3 N–H and O–H groups in total. The van der Waals surface area contributed by atoms with Gasteiger partial charge in [-0.05, 0) is 48.9 Å². The first-order valence-electron chi connectivity index (χ1n) is 11.0. The molecule has 1 heterocycles. The van der Waals surface area contributed by atoms with Crippen LogP contribution < -0.4 is 19.7 Å². The quantitative estimate of drug-likeness (QED) is 0.460. The van der Waals surface area contributed by atoms with E-state index < -0.39 is 16.0 Å². The molecule has 34 heavy (non-hydrogen) atoms. The summed E-state index contributed by atoms with van der Waals surface area (Å²) in [6.45, 7) is 5.29. The lowest BCUT2D eigenvalue weighted by molar-refractivity contribution is -0.122. The Morgan fingerprint density at radius 2 is 1.74 bits per heavy atom. The molecule has 1 saturated heterocycles. The maximum absolute atomic E-state index is 12.7. The number of aromatic carboxylic acids is 1. The van der Waals surface area contributed by atoms with Gasteiger partial charge in [0.05, 0.1) is 29.8 Å². The Balaban J connectivity index is 1.70. The van der Waals surface area contributed by atoms with Gasteiger partial charge in [-0.1, -0.05) is 6.92 Å². The minimum atomic E-state index is -3.90. The molecule has 2 aromatic carbocycles. The molecule has 0 aliphatic carbocycles. The van der Waals surface area contributed by atoms with Gasteiger partial charge in [-0.3, -0.25) is 14.4 Å². The molecule has 0 unspecified atom stereocenters. The number of amides is 1. The highest BCUT2D eigenvalue weighted by Crippen LogP contribution is 2.27. The zero-order chi connectivity index (χ0) is 24.7. The topological polar surface area (TPSA) is 128 Å². The van der Waals surface area contributed by atoms with Crippen molar-refractivity contribution in [3.63, 3.8) is 0 Å². The Morgan fingerprint density at radius 3 is 2.32 bits per heavy atom. The number of hydrogen-bond donors (Lipinski definition) is 3. The third kappa shape index (κ3) is 6.39. The van der Waals surface area contributed by atoms with Gasteiger partial charge in [0.2, 0.25) is 5.91 Å². The number of nitrogens with zero attached hydrogens (tertiary/aromatic N) is 2. The van der Waals surface area contributed by atoms with E-state index >= 15 is 0 Å². The summed E-state index contributed by atoms with van der Waals surface area (Å²) in [4.78, 5) is 27.9. The van der Waals surface area contributed by atoms with Crippen LogP contribution in [0.25, 0.3) is 0 Å². The predicted molar refractivity (Wildman–Crippen MR) is 129 cm³/mol. The molecule has 0 aromatic heterocycles. The summed E-state index contributed by atoms with van der Waals surface area (Å²) in [6.07, 6.45) is 0.879. The normalized spacial score (nSPS) is 14.5. The Hall–Kier alpha value is -3.31. The first-order valence-corrected chi connectivity index (χ1v) is 12.5. The first-order chi connectivity index (χ1) is 16.2. The Kier molecular flexibility index (Phi) is 8.35. The number of carbonyl (C=O) groups is 2. The maximum Gasteiger partial charge on any atom is 0.337 e. The fourth-order valence-corrected chi connectivity index (χ4v) is 4.74. The van der Waals surface area contributed by atoms with Crippen LogP contribution in [0.2, 0.25) is 0 Å². The van der Waals surface area contributed by atoms with Crippen molar-refractivity contribution in [1.29, 1.82) is 0 Å². The lowest BCUT2D eigenvalue weighted by Gasteiger charge is -2.36. The molecule has 184 valence electrons. The van der Waals surface area contributed by atoms with E-state index in [0.717, 1.165) is 6.42 Å². The number of piperazine rings is 1. The van der Waals surface area contributed by atoms with Crippen molar-refractivity contribution >= 4 is 33.3 Å². The minimum absolute atomic E-state index is 0.00377. The number of hydrogen-bond acceptors (Lipinski definition) is 7. The molecule has 0 radical (unpaired) electrons. The molecule has 0 bridgehead atoms. The Morgan fingerprint density at radius 1 is 1.06 bits per heavy atom. The van der Waals surface area contributed by atoms with E-state index in [1.54, 1.807) is 12.1 Å².